The zero-order valence-corrected chi connectivity index (χ0v) is 10.3. The van der Waals surface area contributed by atoms with Crippen molar-refractivity contribution in [2.75, 3.05) is 20.5 Å². The summed E-state index contributed by atoms with van der Waals surface area (Å²) in [6, 6.07) is 6.76. The monoisotopic (exact) mass is 220 g/mol. The van der Waals surface area contributed by atoms with Gasteiger partial charge in [0, 0.05) is 13.0 Å². The highest BCUT2D eigenvalue weighted by atomic mass is 16.7. The van der Waals surface area contributed by atoms with Crippen LogP contribution in [0.25, 0.3) is 0 Å². The molecule has 0 aromatic heterocycles. The maximum Gasteiger partial charge on any atom is 0.146 e. The Morgan fingerprint density at radius 3 is 2.94 bits per heavy atom. The molecule has 0 saturated carbocycles. The van der Waals surface area contributed by atoms with Crippen molar-refractivity contribution in [1.29, 1.82) is 0 Å². The Morgan fingerprint density at radius 2 is 2.19 bits per heavy atom. The molecule has 2 unspecified atom stereocenters. The Kier molecular flexibility index (Phi) is 3.62. The first-order valence-electron chi connectivity index (χ1n) is 5.88. The Morgan fingerprint density at radius 1 is 1.38 bits per heavy atom. The van der Waals surface area contributed by atoms with Crippen molar-refractivity contribution in [1.82, 2.24) is 0 Å². The average Bonchev–Trinajstić information content (AvgIpc) is 2.55. The summed E-state index contributed by atoms with van der Waals surface area (Å²) in [5, 5.41) is 0. The second-order valence-corrected chi connectivity index (χ2v) is 4.77. The lowest BCUT2D eigenvalue weighted by atomic mass is 9.95. The standard InChI is InChI=1S/C14H20O2/c1-10-4-5-13-12(6-10)7-11(2)14(13)8-16-9-15-3/h4-6,11,14H,7-9H2,1-3H3. The molecule has 1 aliphatic carbocycles. The summed E-state index contributed by atoms with van der Waals surface area (Å²) in [6.07, 6.45) is 1.18. The van der Waals surface area contributed by atoms with Crippen LogP contribution < -0.4 is 0 Å². The van der Waals surface area contributed by atoms with E-state index in [0.717, 1.165) is 6.61 Å². The van der Waals surface area contributed by atoms with Crippen LogP contribution in [0.4, 0.5) is 0 Å². The van der Waals surface area contributed by atoms with Crippen LogP contribution in [-0.2, 0) is 15.9 Å². The molecular weight excluding hydrogens is 200 g/mol. The predicted molar refractivity (Wildman–Crippen MR) is 64.6 cm³/mol. The van der Waals surface area contributed by atoms with Gasteiger partial charge in [0.2, 0.25) is 0 Å². The zero-order valence-electron chi connectivity index (χ0n) is 10.3. The SMILES string of the molecule is COCOCC1c2ccc(C)cc2CC1C. The van der Waals surface area contributed by atoms with Gasteiger partial charge in [0.05, 0.1) is 6.61 Å². The molecule has 2 nitrogen and oxygen atoms in total. The van der Waals surface area contributed by atoms with Crippen LogP contribution >= 0.6 is 0 Å². The van der Waals surface area contributed by atoms with Crippen molar-refractivity contribution in [3.05, 3.63) is 34.9 Å². The number of methoxy groups -OCH3 is 1. The summed E-state index contributed by atoms with van der Waals surface area (Å²) >= 11 is 0. The lowest BCUT2D eigenvalue weighted by molar-refractivity contribution is -0.0385. The molecule has 0 radical (unpaired) electrons. The van der Waals surface area contributed by atoms with Gasteiger partial charge in [-0.15, -0.1) is 0 Å². The van der Waals surface area contributed by atoms with Crippen LogP contribution in [0.1, 0.15) is 29.5 Å². The van der Waals surface area contributed by atoms with Crippen molar-refractivity contribution in [3.63, 3.8) is 0 Å². The van der Waals surface area contributed by atoms with Crippen LogP contribution in [-0.4, -0.2) is 20.5 Å². The van der Waals surface area contributed by atoms with E-state index in [-0.39, 0.29) is 0 Å². The van der Waals surface area contributed by atoms with Crippen molar-refractivity contribution in [2.24, 2.45) is 5.92 Å². The number of ether oxygens (including phenoxy) is 2. The fourth-order valence-corrected chi connectivity index (χ4v) is 2.58. The molecule has 16 heavy (non-hydrogen) atoms. The number of fused-ring (bicyclic) bond motifs is 1. The second-order valence-electron chi connectivity index (χ2n) is 4.77. The van der Waals surface area contributed by atoms with Gasteiger partial charge in [-0.1, -0.05) is 30.7 Å². The number of hydrogen-bond acceptors (Lipinski definition) is 2. The van der Waals surface area contributed by atoms with E-state index in [1.807, 2.05) is 0 Å². The minimum atomic E-state index is 0.393. The van der Waals surface area contributed by atoms with E-state index < -0.39 is 0 Å². The minimum Gasteiger partial charge on any atom is -0.359 e. The van der Waals surface area contributed by atoms with Crippen molar-refractivity contribution in [3.8, 4) is 0 Å². The van der Waals surface area contributed by atoms with E-state index in [1.165, 1.54) is 23.1 Å². The fourth-order valence-electron chi connectivity index (χ4n) is 2.58. The second kappa shape index (κ2) is 4.98. The predicted octanol–water partition coefficient (Wildman–Crippen LogP) is 2.89. The van der Waals surface area contributed by atoms with E-state index in [2.05, 4.69) is 32.0 Å². The summed E-state index contributed by atoms with van der Waals surface area (Å²) in [5.41, 5.74) is 4.32. The third kappa shape index (κ3) is 2.28. The van der Waals surface area contributed by atoms with E-state index >= 15 is 0 Å². The van der Waals surface area contributed by atoms with Crippen molar-refractivity contribution >= 4 is 0 Å². The maximum atomic E-state index is 5.50. The van der Waals surface area contributed by atoms with E-state index in [0.29, 0.717) is 18.6 Å². The number of rotatable bonds is 4. The molecule has 1 aliphatic rings. The first-order chi connectivity index (χ1) is 7.72. The van der Waals surface area contributed by atoms with E-state index in [1.54, 1.807) is 7.11 Å². The molecular formula is C14H20O2. The first kappa shape index (κ1) is 11.6. The highest BCUT2D eigenvalue weighted by Crippen LogP contribution is 2.38. The van der Waals surface area contributed by atoms with Crippen LogP contribution in [0.15, 0.2) is 18.2 Å². The average molecular weight is 220 g/mol. The molecule has 0 aliphatic heterocycles. The lowest BCUT2D eigenvalue weighted by Gasteiger charge is -2.16. The van der Waals surface area contributed by atoms with Crippen molar-refractivity contribution < 1.29 is 9.47 Å². The van der Waals surface area contributed by atoms with E-state index in [4.69, 9.17) is 9.47 Å². The van der Waals surface area contributed by atoms with Crippen LogP contribution in [0.3, 0.4) is 0 Å². The first-order valence-corrected chi connectivity index (χ1v) is 5.88. The quantitative estimate of drug-likeness (QED) is 0.574. The highest BCUT2D eigenvalue weighted by molar-refractivity contribution is 5.38. The molecule has 0 spiro atoms. The molecule has 0 amide bonds. The van der Waals surface area contributed by atoms with Gasteiger partial charge in [-0.3, -0.25) is 0 Å². The number of aryl methyl sites for hydroxylation is 1. The summed E-state index contributed by atoms with van der Waals surface area (Å²) in [6.45, 7) is 5.62. The summed E-state index contributed by atoms with van der Waals surface area (Å²) in [7, 11) is 1.66. The summed E-state index contributed by atoms with van der Waals surface area (Å²) in [4.78, 5) is 0. The molecule has 2 heteroatoms. The molecule has 2 rings (SSSR count). The molecule has 1 aromatic rings. The molecule has 1 aromatic carbocycles. The van der Waals surface area contributed by atoms with Crippen molar-refractivity contribution in [2.45, 2.75) is 26.2 Å². The Bertz CT molecular complexity index is 360. The van der Waals surface area contributed by atoms with Gasteiger partial charge in [0.1, 0.15) is 6.79 Å². The molecule has 2 atom stereocenters. The smallest absolute Gasteiger partial charge is 0.146 e. The van der Waals surface area contributed by atoms with Gasteiger partial charge in [-0.05, 0) is 30.4 Å². The number of hydrogen-bond donors (Lipinski definition) is 0. The van der Waals surface area contributed by atoms with Gasteiger partial charge < -0.3 is 9.47 Å². The fraction of sp³-hybridized carbons (Fsp3) is 0.571. The third-order valence-electron chi connectivity index (χ3n) is 3.43. The Hall–Kier alpha value is -0.860. The van der Waals surface area contributed by atoms with Gasteiger partial charge in [-0.2, -0.15) is 0 Å². The van der Waals surface area contributed by atoms with Crippen LogP contribution in [0.2, 0.25) is 0 Å². The zero-order chi connectivity index (χ0) is 11.5. The molecule has 0 fully saturated rings. The van der Waals surface area contributed by atoms with Gasteiger partial charge in [0.15, 0.2) is 0 Å². The normalized spacial score (nSPS) is 23.4. The van der Waals surface area contributed by atoms with E-state index in [9.17, 15) is 0 Å². The lowest BCUT2D eigenvalue weighted by Crippen LogP contribution is -2.12. The van der Waals surface area contributed by atoms with Gasteiger partial charge in [0.25, 0.3) is 0 Å². The van der Waals surface area contributed by atoms with Gasteiger partial charge in [-0.25, -0.2) is 0 Å². The largest absolute Gasteiger partial charge is 0.359 e. The van der Waals surface area contributed by atoms with Crippen LogP contribution in [0.5, 0.6) is 0 Å². The minimum absolute atomic E-state index is 0.393. The van der Waals surface area contributed by atoms with Crippen LogP contribution in [0, 0.1) is 12.8 Å². The maximum absolute atomic E-state index is 5.50. The molecule has 88 valence electrons. The summed E-state index contributed by atoms with van der Waals surface area (Å²) in [5.74, 6) is 1.21. The molecule has 0 saturated heterocycles. The number of benzene rings is 1. The Balaban J connectivity index is 2.10. The molecule has 0 bridgehead atoms. The van der Waals surface area contributed by atoms with Gasteiger partial charge >= 0.3 is 0 Å². The Labute approximate surface area is 97.6 Å². The molecule has 0 heterocycles. The topological polar surface area (TPSA) is 18.5 Å². The highest BCUT2D eigenvalue weighted by Gasteiger charge is 2.29. The third-order valence-corrected chi connectivity index (χ3v) is 3.43. The summed E-state index contributed by atoms with van der Waals surface area (Å²) < 4.78 is 10.4. The molecule has 0 N–H and O–H groups in total.